The Bertz CT molecular complexity index is 793. The van der Waals surface area contributed by atoms with Crippen LogP contribution in [0.4, 0.5) is 0 Å². The molecule has 6 heteroatoms. The highest BCUT2D eigenvalue weighted by atomic mass is 16.6. The van der Waals surface area contributed by atoms with Crippen molar-refractivity contribution in [1.82, 2.24) is 5.32 Å². The molecule has 146 valence electrons. The topological polar surface area (TPSA) is 73.9 Å². The van der Waals surface area contributed by atoms with Crippen molar-refractivity contribution in [2.75, 3.05) is 7.11 Å². The minimum Gasteiger partial charge on any atom is -0.497 e. The fourth-order valence-corrected chi connectivity index (χ4v) is 2.84. The molecule has 28 heavy (non-hydrogen) atoms. The van der Waals surface area contributed by atoms with E-state index in [1.54, 1.807) is 31.4 Å². The molecule has 1 saturated heterocycles. The Kier molecular flexibility index (Phi) is 7.03. The molecule has 0 spiro atoms. The fourth-order valence-electron chi connectivity index (χ4n) is 2.84. The van der Waals surface area contributed by atoms with E-state index in [4.69, 9.17) is 14.2 Å². The molecule has 0 bridgehead atoms. The first-order valence-corrected chi connectivity index (χ1v) is 9.16. The second-order valence-corrected chi connectivity index (χ2v) is 6.45. The lowest BCUT2D eigenvalue weighted by Crippen LogP contribution is -2.28. The van der Waals surface area contributed by atoms with Crippen LogP contribution in [0.15, 0.2) is 54.6 Å². The van der Waals surface area contributed by atoms with Gasteiger partial charge in [-0.25, -0.2) is 4.79 Å². The third-order valence-electron chi connectivity index (χ3n) is 4.38. The van der Waals surface area contributed by atoms with Crippen LogP contribution < -0.4 is 10.1 Å². The summed E-state index contributed by atoms with van der Waals surface area (Å²) in [5.41, 5.74) is 1.37. The molecular formula is C22H23NO5. The van der Waals surface area contributed by atoms with Crippen LogP contribution in [0.1, 0.15) is 35.2 Å². The molecule has 0 saturated carbocycles. The van der Waals surface area contributed by atoms with Gasteiger partial charge in [0.15, 0.2) is 0 Å². The molecule has 1 aliphatic heterocycles. The van der Waals surface area contributed by atoms with E-state index in [1.165, 1.54) is 0 Å². The molecule has 1 atom stereocenters. The van der Waals surface area contributed by atoms with Crippen LogP contribution >= 0.6 is 0 Å². The van der Waals surface area contributed by atoms with Crippen molar-refractivity contribution in [2.24, 2.45) is 0 Å². The van der Waals surface area contributed by atoms with E-state index in [2.05, 4.69) is 5.32 Å². The van der Waals surface area contributed by atoms with Gasteiger partial charge >= 0.3 is 11.9 Å². The molecule has 2 aromatic rings. The van der Waals surface area contributed by atoms with Crippen molar-refractivity contribution in [3.63, 3.8) is 0 Å². The number of hydrogen-bond acceptors (Lipinski definition) is 6. The molecule has 1 fully saturated rings. The highest BCUT2D eigenvalue weighted by Crippen LogP contribution is 2.23. The van der Waals surface area contributed by atoms with Gasteiger partial charge in [-0.3, -0.25) is 10.1 Å². The Balaban J connectivity index is 1.37. The number of methoxy groups -OCH3 is 1. The summed E-state index contributed by atoms with van der Waals surface area (Å²) in [5, 5.41) is 3.13. The predicted molar refractivity (Wildman–Crippen MR) is 103 cm³/mol. The monoisotopic (exact) mass is 381 g/mol. The van der Waals surface area contributed by atoms with Crippen LogP contribution in [0, 0.1) is 12.6 Å². The van der Waals surface area contributed by atoms with Crippen LogP contribution in [-0.4, -0.2) is 25.1 Å². The Morgan fingerprint density at radius 3 is 2.71 bits per heavy atom. The summed E-state index contributed by atoms with van der Waals surface area (Å²) in [6, 6.07) is 16.4. The maximum Gasteiger partial charge on any atom is 0.340 e. The van der Waals surface area contributed by atoms with Gasteiger partial charge in [-0.2, -0.15) is 0 Å². The summed E-state index contributed by atoms with van der Waals surface area (Å²) >= 11 is 0. The number of carbonyl (C=O) groups excluding carboxylic acids is 2. The predicted octanol–water partition coefficient (Wildman–Crippen LogP) is 3.43. The van der Waals surface area contributed by atoms with Crippen molar-refractivity contribution in [1.29, 1.82) is 0 Å². The zero-order valence-corrected chi connectivity index (χ0v) is 15.7. The zero-order valence-electron chi connectivity index (χ0n) is 15.7. The number of rotatable bonds is 8. The van der Waals surface area contributed by atoms with E-state index < -0.39 is 5.97 Å². The van der Waals surface area contributed by atoms with Gasteiger partial charge in [0, 0.05) is 18.9 Å². The molecule has 3 rings (SSSR count). The number of hydrogen-bond donors (Lipinski definition) is 1. The van der Waals surface area contributed by atoms with Crippen molar-refractivity contribution in [3.8, 4) is 5.75 Å². The summed E-state index contributed by atoms with van der Waals surface area (Å²) < 4.78 is 15.8. The van der Waals surface area contributed by atoms with E-state index in [0.29, 0.717) is 36.8 Å². The zero-order chi connectivity index (χ0) is 19.8. The van der Waals surface area contributed by atoms with E-state index in [-0.39, 0.29) is 18.6 Å². The average Bonchev–Trinajstić information content (AvgIpc) is 3.18. The Morgan fingerprint density at radius 2 is 1.93 bits per heavy atom. The second-order valence-electron chi connectivity index (χ2n) is 6.45. The van der Waals surface area contributed by atoms with Crippen LogP contribution in [-0.2, 0) is 20.9 Å². The van der Waals surface area contributed by atoms with E-state index in [0.717, 1.165) is 5.56 Å². The largest absolute Gasteiger partial charge is 0.497 e. The quantitative estimate of drug-likeness (QED) is 0.706. The molecule has 0 amide bonds. The van der Waals surface area contributed by atoms with Crippen molar-refractivity contribution >= 4 is 11.9 Å². The molecule has 1 N–H and O–H groups in total. The number of ether oxygens (including phenoxy) is 3. The maximum atomic E-state index is 12.2. The lowest BCUT2D eigenvalue weighted by molar-refractivity contribution is -0.145. The minimum atomic E-state index is -0.458. The Labute approximate surface area is 164 Å². The molecule has 0 aliphatic carbocycles. The standard InChI is InChI=1S/C22H23NO5/c1-26-19-9-5-8-17(14-19)22(25)28-20-12-10-18(23-20)11-13-21(24)27-15-16-6-3-2-4-7-16/h2-9,12,14,18,23H,10-11,13,15H2,1H3. The Morgan fingerprint density at radius 1 is 1.11 bits per heavy atom. The molecule has 0 aromatic heterocycles. The molecule has 2 aromatic carbocycles. The molecule has 1 heterocycles. The van der Waals surface area contributed by atoms with Crippen molar-refractivity contribution < 1.29 is 23.8 Å². The minimum absolute atomic E-state index is 0.0392. The van der Waals surface area contributed by atoms with Gasteiger partial charge in [0.1, 0.15) is 12.4 Å². The normalized spacial score (nSPS) is 16.5. The number of nitrogens with one attached hydrogen (secondary N) is 1. The summed E-state index contributed by atoms with van der Waals surface area (Å²) in [7, 11) is 1.54. The first-order valence-electron chi connectivity index (χ1n) is 9.16. The summed E-state index contributed by atoms with van der Waals surface area (Å²) in [4.78, 5) is 24.1. The summed E-state index contributed by atoms with van der Waals surface area (Å²) in [5.74, 6) is -0.109. The molecule has 6 nitrogen and oxygen atoms in total. The SMILES string of the molecule is COc1cccc(C(=O)O[C]2[CH]CC(CCC(=O)OCc3ccccc3)N2)c1. The van der Waals surface area contributed by atoms with E-state index >= 15 is 0 Å². The highest BCUT2D eigenvalue weighted by molar-refractivity contribution is 5.90. The average molecular weight is 381 g/mol. The summed E-state index contributed by atoms with van der Waals surface area (Å²) in [6.07, 6.45) is 3.82. The Hall–Kier alpha value is -2.86. The third kappa shape index (κ3) is 5.82. The second kappa shape index (κ2) is 9.90. The first kappa shape index (κ1) is 19.9. The van der Waals surface area contributed by atoms with Crippen LogP contribution in [0.3, 0.4) is 0 Å². The van der Waals surface area contributed by atoms with Gasteiger partial charge < -0.3 is 14.2 Å². The smallest absolute Gasteiger partial charge is 0.340 e. The number of benzene rings is 2. The van der Waals surface area contributed by atoms with Gasteiger partial charge in [-0.1, -0.05) is 36.4 Å². The van der Waals surface area contributed by atoms with Crippen LogP contribution in [0.5, 0.6) is 5.75 Å². The van der Waals surface area contributed by atoms with Gasteiger partial charge in [-0.15, -0.1) is 0 Å². The molecule has 2 radical (unpaired) electrons. The summed E-state index contributed by atoms with van der Waals surface area (Å²) in [6.45, 7) is 0.277. The molecule has 1 aliphatic rings. The first-order chi connectivity index (χ1) is 13.6. The van der Waals surface area contributed by atoms with Gasteiger partial charge in [0.25, 0.3) is 0 Å². The van der Waals surface area contributed by atoms with Gasteiger partial charge in [0.2, 0.25) is 6.23 Å². The van der Waals surface area contributed by atoms with Crippen molar-refractivity contribution in [2.45, 2.75) is 31.9 Å². The lowest BCUT2D eigenvalue weighted by Gasteiger charge is -2.14. The molecular weight excluding hydrogens is 358 g/mol. The maximum absolute atomic E-state index is 12.2. The van der Waals surface area contributed by atoms with E-state index in [1.807, 2.05) is 36.8 Å². The fraction of sp³-hybridized carbons (Fsp3) is 0.273. The van der Waals surface area contributed by atoms with Crippen LogP contribution in [0.2, 0.25) is 0 Å². The van der Waals surface area contributed by atoms with Crippen LogP contribution in [0.25, 0.3) is 0 Å². The number of carbonyl (C=O) groups is 2. The number of esters is 2. The lowest BCUT2D eigenvalue weighted by atomic mass is 10.1. The van der Waals surface area contributed by atoms with Gasteiger partial charge in [0.05, 0.1) is 12.7 Å². The highest BCUT2D eigenvalue weighted by Gasteiger charge is 2.29. The molecule has 1 unspecified atom stereocenters. The van der Waals surface area contributed by atoms with E-state index in [9.17, 15) is 9.59 Å². The van der Waals surface area contributed by atoms with Gasteiger partial charge in [-0.05, 0) is 36.6 Å². The third-order valence-corrected chi connectivity index (χ3v) is 4.38. The van der Waals surface area contributed by atoms with Crippen molar-refractivity contribution in [3.05, 3.63) is 78.4 Å².